The van der Waals surface area contributed by atoms with Crippen molar-refractivity contribution in [1.29, 1.82) is 0 Å². The Labute approximate surface area is 585 Å². The Balaban J connectivity index is 0.0000119. The standard InChI is InChI=1S/C65H73Cl2N9O24.CH4/c1-22(2)11-34(70-4)58(87)75-49-52(83)25-6-9-38(31(66)13-25)96-40-15-27-16-41(56(40)100-65-57(55(86)54(85)42(21-77)98-65)99-44-19-33(68)51(82)23(3)95-44)97-39-10-7-26(14-32(39)67)53(84)50-63(92)74-48(64(93)94)30-17-28(78)18-37(80)45(30)29-12-24(5-8-36(29)79)46(60(89)76-50)73-61(90)47(27)72-59(88)35(20-43(69)81)71-62(49)91;/h5-10,12-18,22-23,33-35,42,44,46-55,57,65,70,77-80,82-86H,11,19-21,68H2,1-4H3,(H2,69,81)(H,71,91)(H,72,88)(H,73,90)(H,74,92)(H,75,87)(H,76,89)(H,93,94);1H4/t23?,33?,34-,35+,42?,44?,46?,47-,48-,49-,50+,51?,52-,53-,54?,55?,57?,65?;/m1./s1. The van der Waals surface area contributed by atoms with Gasteiger partial charge in [-0.3, -0.25) is 33.6 Å². The fraction of sp³-hybridized carbons (Fsp3) is 0.424. The van der Waals surface area contributed by atoms with Crippen molar-refractivity contribution in [2.24, 2.45) is 17.4 Å². The summed E-state index contributed by atoms with van der Waals surface area (Å²) in [6.45, 7) is 4.15. The van der Waals surface area contributed by atoms with Gasteiger partial charge in [0.1, 0.15) is 89.5 Å². The highest BCUT2D eigenvalue weighted by Crippen LogP contribution is 2.50. The van der Waals surface area contributed by atoms with E-state index in [1.165, 1.54) is 26.1 Å². The monoisotopic (exact) mass is 1450 g/mol. The lowest BCUT2D eigenvalue weighted by Gasteiger charge is -2.44. The highest BCUT2D eigenvalue weighted by molar-refractivity contribution is 6.32. The number of carboxylic acid groups (broad SMARTS) is 1. The molecule has 5 aromatic carbocycles. The van der Waals surface area contributed by atoms with Crippen molar-refractivity contribution in [1.82, 2.24) is 37.2 Å². The molecule has 0 aromatic heterocycles. The third-order valence-corrected chi connectivity index (χ3v) is 18.0. The third-order valence-electron chi connectivity index (χ3n) is 17.4. The first kappa shape index (κ1) is 76.0. The molecule has 7 heterocycles. The molecule has 7 aliphatic heterocycles. The first-order chi connectivity index (χ1) is 47.3. The van der Waals surface area contributed by atoms with E-state index in [0.717, 1.165) is 66.7 Å². The van der Waals surface area contributed by atoms with Gasteiger partial charge in [0, 0.05) is 35.2 Å². The van der Waals surface area contributed by atoms with Gasteiger partial charge < -0.3 is 128 Å². The number of hydrogen-bond acceptors (Lipinski definition) is 25. The fourth-order valence-corrected chi connectivity index (χ4v) is 12.7. The Morgan fingerprint density at radius 2 is 1.30 bits per heavy atom. The number of benzene rings is 5. The maximum Gasteiger partial charge on any atom is 0.330 e. The molecule has 21 N–H and O–H groups in total. The molecular weight excluding hydrogens is 1370 g/mol. The Morgan fingerprint density at radius 3 is 1.88 bits per heavy atom. The van der Waals surface area contributed by atoms with Crippen LogP contribution in [-0.4, -0.2) is 191 Å². The SMILES string of the molecule is C.CN[C@H](CC(C)C)C(=O)N[C@H]1C(=O)N[C@@H](CC(N)=O)C(=O)N[C@H]2C(=O)NC3C(=O)N[C@H](C(=O)N[C@@H](C(=O)O)c4cc(O)cc(O)c4-c4cc3ccc4O)[C@H](O)c3ccc(c(Cl)c3)Oc3cc2cc(c3OC2OC(CO)C(O)C(O)C2OC2CC(N)C(O)C(C)O2)Oc2ccc(cc2Cl)[C@H]1O. The zero-order chi connectivity index (χ0) is 72.6. The van der Waals surface area contributed by atoms with Crippen LogP contribution in [0.4, 0.5) is 0 Å². The van der Waals surface area contributed by atoms with Crippen LogP contribution in [-0.2, 0) is 52.6 Å². The van der Waals surface area contributed by atoms with Crippen molar-refractivity contribution >= 4 is 70.5 Å². The summed E-state index contributed by atoms with van der Waals surface area (Å²) in [5.41, 5.74) is 9.15. The van der Waals surface area contributed by atoms with E-state index in [2.05, 4.69) is 37.2 Å². The zero-order valence-electron chi connectivity index (χ0n) is 53.4. The minimum atomic E-state index is -2.34. The van der Waals surface area contributed by atoms with Crippen LogP contribution in [0, 0.1) is 5.92 Å². The molecule has 0 saturated carbocycles. The molecular formula is C66H77Cl2N9O24. The van der Waals surface area contributed by atoms with Gasteiger partial charge in [-0.1, -0.05) is 62.7 Å². The number of phenolic OH excluding ortho intramolecular Hbond substituents is 3. The van der Waals surface area contributed by atoms with Gasteiger partial charge in [0.2, 0.25) is 53.4 Å². The Hall–Kier alpha value is -9.20. The van der Waals surface area contributed by atoms with Crippen LogP contribution in [0.25, 0.3) is 11.1 Å². The second-order valence-electron chi connectivity index (χ2n) is 24.9. The molecule has 10 unspecified atom stereocenters. The molecule has 11 bridgehead atoms. The van der Waals surface area contributed by atoms with E-state index in [9.17, 15) is 75.0 Å². The molecule has 2 saturated heterocycles. The van der Waals surface area contributed by atoms with Gasteiger partial charge in [-0.2, -0.15) is 0 Å². The second kappa shape index (κ2) is 31.4. The average Bonchev–Trinajstić information content (AvgIpc) is 0.769. The first-order valence-electron chi connectivity index (χ1n) is 31.3. The lowest BCUT2D eigenvalue weighted by molar-refractivity contribution is -0.330. The van der Waals surface area contributed by atoms with E-state index in [0.29, 0.717) is 0 Å². The van der Waals surface area contributed by atoms with E-state index in [4.69, 9.17) is 63.1 Å². The van der Waals surface area contributed by atoms with E-state index in [1.54, 1.807) is 0 Å². The number of nitrogens with two attached hydrogens (primary N) is 2. The molecule has 101 heavy (non-hydrogen) atoms. The largest absolute Gasteiger partial charge is 0.508 e. The number of aromatic hydroxyl groups is 3. The topological polar surface area (TPSA) is 530 Å². The van der Waals surface area contributed by atoms with Gasteiger partial charge in [0.25, 0.3) is 0 Å². The number of rotatable bonds is 13. The summed E-state index contributed by atoms with van der Waals surface area (Å²) in [6, 6.07) is -1.63. The smallest absolute Gasteiger partial charge is 0.330 e. The molecule has 0 aliphatic carbocycles. The summed E-state index contributed by atoms with van der Waals surface area (Å²) in [5, 5.41) is 130. The summed E-state index contributed by atoms with van der Waals surface area (Å²) >= 11 is 14.1. The summed E-state index contributed by atoms with van der Waals surface area (Å²) in [5.74, 6) is -16.0. The van der Waals surface area contributed by atoms with Gasteiger partial charge in [0.15, 0.2) is 29.9 Å². The fourth-order valence-electron chi connectivity index (χ4n) is 12.2. The van der Waals surface area contributed by atoms with Gasteiger partial charge in [-0.15, -0.1) is 0 Å². The Morgan fingerprint density at radius 1 is 0.693 bits per heavy atom. The lowest BCUT2D eigenvalue weighted by Crippen LogP contribution is -2.62. The number of phenols is 3. The first-order valence-corrected chi connectivity index (χ1v) is 32.0. The van der Waals surface area contributed by atoms with Gasteiger partial charge in [0.05, 0.1) is 41.3 Å². The highest BCUT2D eigenvalue weighted by atomic mass is 35.5. The summed E-state index contributed by atoms with van der Waals surface area (Å²) in [4.78, 5) is 117. The molecule has 0 spiro atoms. The number of primary amides is 1. The number of hydrogen-bond donors (Lipinski definition) is 19. The number of carbonyl (C=O) groups is 8. The maximum atomic E-state index is 16.0. The molecule has 2 fully saturated rings. The van der Waals surface area contributed by atoms with E-state index >= 15 is 14.4 Å². The number of fused-ring (bicyclic) bond motifs is 15. The predicted molar refractivity (Wildman–Crippen MR) is 351 cm³/mol. The van der Waals surface area contributed by atoms with Crippen LogP contribution >= 0.6 is 23.2 Å². The second-order valence-corrected chi connectivity index (χ2v) is 25.8. The van der Waals surface area contributed by atoms with Crippen molar-refractivity contribution in [2.45, 2.75) is 157 Å². The number of likely N-dealkylation sites (N-methyl/N-ethyl adjacent to an activating group) is 1. The van der Waals surface area contributed by atoms with Gasteiger partial charge in [-0.25, -0.2) is 4.79 Å². The van der Waals surface area contributed by atoms with Crippen LogP contribution < -0.4 is 62.9 Å². The number of carbonyl (C=O) groups excluding carboxylic acids is 7. The number of nitrogens with one attached hydrogen (secondary N) is 7. The van der Waals surface area contributed by atoms with E-state index in [1.807, 2.05) is 13.8 Å². The van der Waals surface area contributed by atoms with Gasteiger partial charge in [-0.05, 0) is 103 Å². The molecule has 0 radical (unpaired) electrons. The molecule has 7 aliphatic rings. The number of carboxylic acids is 1. The molecule has 33 nitrogen and oxygen atoms in total. The number of amides is 7. The van der Waals surface area contributed by atoms with Crippen LogP contribution in [0.15, 0.2) is 78.9 Å². The lowest BCUT2D eigenvalue weighted by atomic mass is 9.89. The number of aliphatic carboxylic acids is 1. The van der Waals surface area contributed by atoms with Crippen LogP contribution in [0.2, 0.25) is 10.0 Å². The maximum absolute atomic E-state index is 16.0. The molecule has 7 amide bonds. The minimum absolute atomic E-state index is 0. The number of aliphatic hydroxyl groups is 6. The van der Waals surface area contributed by atoms with E-state index in [-0.39, 0.29) is 53.6 Å². The zero-order valence-corrected chi connectivity index (χ0v) is 54.9. The Bertz CT molecular complexity index is 4010. The molecule has 5 aromatic rings. The van der Waals surface area contributed by atoms with Crippen molar-refractivity contribution in [3.8, 4) is 57.1 Å². The summed E-state index contributed by atoms with van der Waals surface area (Å²) in [7, 11) is 1.47. The summed E-state index contributed by atoms with van der Waals surface area (Å²) in [6.07, 6.45) is -18.3. The van der Waals surface area contributed by atoms with Crippen molar-refractivity contribution < 1.29 is 118 Å². The van der Waals surface area contributed by atoms with Crippen LogP contribution in [0.3, 0.4) is 0 Å². The number of halogens is 2. The summed E-state index contributed by atoms with van der Waals surface area (Å²) < 4.78 is 38.1. The highest BCUT2D eigenvalue weighted by Gasteiger charge is 2.50. The van der Waals surface area contributed by atoms with Gasteiger partial charge >= 0.3 is 5.97 Å². The quantitative estimate of drug-likeness (QED) is 0.0756. The number of ether oxygens (including phenoxy) is 6. The van der Waals surface area contributed by atoms with Crippen molar-refractivity contribution in [2.75, 3.05) is 13.7 Å². The van der Waals surface area contributed by atoms with Crippen LogP contribution in [0.1, 0.15) is 106 Å². The average molecular weight is 1450 g/mol. The predicted octanol–water partition coefficient (Wildman–Crippen LogP) is 0.352. The molecule has 544 valence electrons. The third kappa shape index (κ3) is 16.3. The van der Waals surface area contributed by atoms with Crippen molar-refractivity contribution in [3.05, 3.63) is 117 Å². The minimum Gasteiger partial charge on any atom is -0.508 e. The molecule has 18 atom stereocenters. The number of aliphatic hydroxyl groups excluding tert-OH is 6. The van der Waals surface area contributed by atoms with E-state index < -0.39 is 238 Å². The molecule has 35 heteroatoms. The molecule has 12 rings (SSSR count). The van der Waals surface area contributed by atoms with Crippen LogP contribution in [0.5, 0.6) is 46.0 Å². The normalized spacial score (nSPS) is 28.6. The Kier molecular flexibility index (Phi) is 23.6. The van der Waals surface area contributed by atoms with Crippen molar-refractivity contribution in [3.63, 3.8) is 0 Å².